The molecule has 0 aromatic carbocycles. The topological polar surface area (TPSA) is 126 Å². The maximum Gasteiger partial charge on any atom is 0.306 e. The smallest absolute Gasteiger partial charge is 0.306 e. The molecule has 0 fully saturated rings. The van der Waals surface area contributed by atoms with Crippen molar-refractivity contribution in [3.8, 4) is 0 Å². The number of carbonyl (C=O) groups excluding carboxylic acids is 1. The number of aryl methyl sites for hydroxylation is 1. The number of nitrogens with zero attached hydrogens (tertiary/aromatic N) is 3. The van der Waals surface area contributed by atoms with E-state index in [1.165, 1.54) is 0 Å². The van der Waals surface area contributed by atoms with E-state index in [1.807, 2.05) is 6.92 Å². The largest absolute Gasteiger partial charge is 0.466 e. The number of anilines is 2. The molecule has 0 aliphatic heterocycles. The highest BCUT2D eigenvalue weighted by Gasteiger charge is 2.06. The zero-order valence-corrected chi connectivity index (χ0v) is 13.8. The lowest BCUT2D eigenvalue weighted by Crippen LogP contribution is -2.13. The maximum absolute atomic E-state index is 11.5. The van der Waals surface area contributed by atoms with Crippen molar-refractivity contribution in [3.63, 3.8) is 0 Å². The first-order valence-electron chi connectivity index (χ1n) is 7.03. The molecule has 0 spiro atoms. The highest BCUT2D eigenvalue weighted by atomic mass is 32.2. The van der Waals surface area contributed by atoms with E-state index in [9.17, 15) is 4.79 Å². The Morgan fingerprint density at radius 3 is 2.55 bits per heavy atom. The number of hydrogen-bond acceptors (Lipinski definition) is 9. The third kappa shape index (κ3) is 7.99. The molecule has 124 valence electrons. The van der Waals surface area contributed by atoms with Crippen LogP contribution in [0.5, 0.6) is 0 Å². The molecule has 1 aromatic rings. The van der Waals surface area contributed by atoms with Gasteiger partial charge in [-0.05, 0) is 6.92 Å². The predicted octanol–water partition coefficient (Wildman–Crippen LogP) is 0.670. The fourth-order valence-electron chi connectivity index (χ4n) is 1.52. The molecule has 0 radical (unpaired) electrons. The number of carbonyl (C=O) groups is 1. The average molecular weight is 329 g/mol. The Labute approximate surface area is 134 Å². The number of esters is 1. The molecule has 1 rings (SSSR count). The normalized spacial score (nSPS) is 12.1. The van der Waals surface area contributed by atoms with Gasteiger partial charge < -0.3 is 20.9 Å². The summed E-state index contributed by atoms with van der Waals surface area (Å²) in [7, 11) is 1.64. The summed E-state index contributed by atoms with van der Waals surface area (Å²) >= 11 is 1.62. The van der Waals surface area contributed by atoms with Gasteiger partial charge in [-0.15, -0.1) is 0 Å². The van der Waals surface area contributed by atoms with Crippen molar-refractivity contribution in [1.82, 2.24) is 15.0 Å². The van der Waals surface area contributed by atoms with Gasteiger partial charge in [0.05, 0.1) is 19.1 Å². The maximum atomic E-state index is 11.5. The third-order valence-electron chi connectivity index (χ3n) is 2.83. The standard InChI is InChI=1S/C13H23N5O3S/c1-9(20-2)3-6-21-11(19)5-8-22-7-4-10-16-12(14)18-13(15)17-10/h9H,3-8H2,1-2H3,(H4,14,15,16,17,18). The first-order chi connectivity index (χ1) is 10.5. The molecular formula is C13H23N5O3S. The van der Waals surface area contributed by atoms with E-state index >= 15 is 0 Å². The quantitative estimate of drug-likeness (QED) is 0.470. The summed E-state index contributed by atoms with van der Waals surface area (Å²) in [4.78, 5) is 23.2. The van der Waals surface area contributed by atoms with Crippen LogP contribution < -0.4 is 11.5 Å². The van der Waals surface area contributed by atoms with E-state index in [-0.39, 0.29) is 24.0 Å². The molecule has 0 saturated carbocycles. The van der Waals surface area contributed by atoms with Crippen LogP contribution in [0.4, 0.5) is 11.9 Å². The van der Waals surface area contributed by atoms with Crippen LogP contribution in [0.1, 0.15) is 25.6 Å². The van der Waals surface area contributed by atoms with Gasteiger partial charge in [0.15, 0.2) is 0 Å². The van der Waals surface area contributed by atoms with Crippen molar-refractivity contribution in [2.24, 2.45) is 0 Å². The number of nitrogen functional groups attached to an aromatic ring is 2. The number of rotatable bonds is 10. The van der Waals surface area contributed by atoms with E-state index in [1.54, 1.807) is 18.9 Å². The Kier molecular flexibility index (Phi) is 8.53. The first-order valence-corrected chi connectivity index (χ1v) is 8.18. The third-order valence-corrected chi connectivity index (χ3v) is 3.81. The number of methoxy groups -OCH3 is 1. The van der Waals surface area contributed by atoms with Gasteiger partial charge in [0.25, 0.3) is 0 Å². The molecule has 8 nitrogen and oxygen atoms in total. The molecule has 1 atom stereocenters. The summed E-state index contributed by atoms with van der Waals surface area (Å²) in [6, 6.07) is 0. The number of thioether (sulfide) groups is 1. The second-order valence-corrected chi connectivity index (χ2v) is 5.86. The second kappa shape index (κ2) is 10.2. The Bertz CT molecular complexity index is 455. The van der Waals surface area contributed by atoms with Gasteiger partial charge in [0.2, 0.25) is 11.9 Å². The summed E-state index contributed by atoms with van der Waals surface area (Å²) in [6.45, 7) is 2.33. The minimum absolute atomic E-state index is 0.0995. The number of ether oxygens (including phenoxy) is 2. The summed E-state index contributed by atoms with van der Waals surface area (Å²) in [5.41, 5.74) is 11.0. The Balaban J connectivity index is 2.08. The lowest BCUT2D eigenvalue weighted by atomic mass is 10.3. The summed E-state index contributed by atoms with van der Waals surface area (Å²) in [5, 5.41) is 0. The lowest BCUT2D eigenvalue weighted by molar-refractivity contribution is -0.143. The summed E-state index contributed by atoms with van der Waals surface area (Å²) in [6.07, 6.45) is 1.81. The Hall–Kier alpha value is -1.61. The molecule has 22 heavy (non-hydrogen) atoms. The minimum atomic E-state index is -0.190. The van der Waals surface area contributed by atoms with Crippen LogP contribution in [0.2, 0.25) is 0 Å². The van der Waals surface area contributed by atoms with Gasteiger partial charge in [0, 0.05) is 31.5 Å². The zero-order chi connectivity index (χ0) is 16.4. The molecular weight excluding hydrogens is 306 g/mol. The van der Waals surface area contributed by atoms with E-state index in [4.69, 9.17) is 20.9 Å². The van der Waals surface area contributed by atoms with Crippen molar-refractivity contribution in [2.45, 2.75) is 32.3 Å². The van der Waals surface area contributed by atoms with E-state index in [2.05, 4.69) is 15.0 Å². The second-order valence-electron chi connectivity index (χ2n) is 4.64. The van der Waals surface area contributed by atoms with Crippen molar-refractivity contribution in [2.75, 3.05) is 36.7 Å². The number of aromatic nitrogens is 3. The Morgan fingerprint density at radius 1 is 1.23 bits per heavy atom. The van der Waals surface area contributed by atoms with Crippen LogP contribution in [0.3, 0.4) is 0 Å². The van der Waals surface area contributed by atoms with Crippen LogP contribution in [-0.4, -0.2) is 52.2 Å². The van der Waals surface area contributed by atoms with Gasteiger partial charge in [-0.3, -0.25) is 4.79 Å². The summed E-state index contributed by atoms with van der Waals surface area (Å²) < 4.78 is 10.2. The van der Waals surface area contributed by atoms with Crippen molar-refractivity contribution < 1.29 is 14.3 Å². The van der Waals surface area contributed by atoms with Crippen molar-refractivity contribution in [1.29, 1.82) is 0 Å². The van der Waals surface area contributed by atoms with Crippen LogP contribution in [0.15, 0.2) is 0 Å². The first kappa shape index (κ1) is 18.4. The molecule has 0 amide bonds. The van der Waals surface area contributed by atoms with Gasteiger partial charge >= 0.3 is 5.97 Å². The van der Waals surface area contributed by atoms with Crippen LogP contribution in [-0.2, 0) is 20.7 Å². The lowest BCUT2D eigenvalue weighted by Gasteiger charge is -2.09. The van der Waals surface area contributed by atoms with E-state index in [0.29, 0.717) is 37.4 Å². The molecule has 1 unspecified atom stereocenters. The fourth-order valence-corrected chi connectivity index (χ4v) is 2.36. The van der Waals surface area contributed by atoms with Gasteiger partial charge in [-0.1, -0.05) is 0 Å². The molecule has 1 heterocycles. The van der Waals surface area contributed by atoms with Gasteiger partial charge in [0.1, 0.15) is 5.82 Å². The molecule has 0 saturated heterocycles. The van der Waals surface area contributed by atoms with E-state index in [0.717, 1.165) is 5.75 Å². The summed E-state index contributed by atoms with van der Waals surface area (Å²) in [5.74, 6) is 2.09. The number of hydrogen-bond donors (Lipinski definition) is 2. The van der Waals surface area contributed by atoms with Crippen LogP contribution in [0.25, 0.3) is 0 Å². The average Bonchev–Trinajstić information content (AvgIpc) is 2.45. The van der Waals surface area contributed by atoms with Crippen molar-refractivity contribution in [3.05, 3.63) is 5.82 Å². The van der Waals surface area contributed by atoms with Gasteiger partial charge in [-0.25, -0.2) is 0 Å². The van der Waals surface area contributed by atoms with Crippen LogP contribution >= 0.6 is 11.8 Å². The molecule has 4 N–H and O–H groups in total. The zero-order valence-electron chi connectivity index (χ0n) is 12.9. The minimum Gasteiger partial charge on any atom is -0.466 e. The van der Waals surface area contributed by atoms with Crippen LogP contribution in [0, 0.1) is 0 Å². The molecule has 0 aliphatic carbocycles. The highest BCUT2D eigenvalue weighted by Crippen LogP contribution is 2.08. The molecule has 9 heteroatoms. The van der Waals surface area contributed by atoms with E-state index < -0.39 is 0 Å². The predicted molar refractivity (Wildman–Crippen MR) is 86.3 cm³/mol. The van der Waals surface area contributed by atoms with Gasteiger partial charge in [-0.2, -0.15) is 26.7 Å². The SMILES string of the molecule is COC(C)CCOC(=O)CCSCCc1nc(N)nc(N)n1. The molecule has 0 aliphatic rings. The molecule has 0 bridgehead atoms. The fraction of sp³-hybridized carbons (Fsp3) is 0.692. The molecule has 1 aromatic heterocycles. The Morgan fingerprint density at radius 2 is 1.91 bits per heavy atom. The monoisotopic (exact) mass is 329 g/mol. The number of nitrogens with two attached hydrogens (primary N) is 2. The highest BCUT2D eigenvalue weighted by molar-refractivity contribution is 7.99. The van der Waals surface area contributed by atoms with Crippen molar-refractivity contribution >= 4 is 29.6 Å².